The van der Waals surface area contributed by atoms with Crippen molar-refractivity contribution in [2.45, 2.75) is 0 Å². The van der Waals surface area contributed by atoms with Gasteiger partial charge in [-0.25, -0.2) is 0 Å². The molecule has 60 valence electrons. The second-order valence-electron chi connectivity index (χ2n) is 2.12. The van der Waals surface area contributed by atoms with Crippen LogP contribution in [0, 0.1) is 0 Å². The molecule has 0 fully saturated rings. The minimum absolute atomic E-state index is 0.502. The van der Waals surface area contributed by atoms with Crippen LogP contribution in [0.15, 0.2) is 33.7 Å². The highest BCUT2D eigenvalue weighted by Crippen LogP contribution is 2.13. The maximum absolute atomic E-state index is 4.59. The second-order valence-corrected chi connectivity index (χ2v) is 3.03. The molecule has 0 saturated carbocycles. The minimum atomic E-state index is 0.502. The molecule has 0 bridgehead atoms. The summed E-state index contributed by atoms with van der Waals surface area (Å²) < 4.78 is 5.51. The predicted molar refractivity (Wildman–Crippen MR) is 45.2 cm³/mol. The number of nitrogens with zero attached hydrogens (tertiary/aromatic N) is 3. The lowest BCUT2D eigenvalue weighted by molar-refractivity contribution is 0.418. The van der Waals surface area contributed by atoms with Crippen molar-refractivity contribution in [3.8, 4) is 11.5 Å². The lowest BCUT2D eigenvalue weighted by Gasteiger charge is -1.91. The summed E-state index contributed by atoms with van der Waals surface area (Å²) in [7, 11) is 0. The Balaban J connectivity index is 2.43. The number of rotatable bonds is 1. The van der Waals surface area contributed by atoms with E-state index in [1.165, 1.54) is 6.39 Å². The summed E-state index contributed by atoms with van der Waals surface area (Å²) in [6, 6.07) is 3.69. The summed E-state index contributed by atoms with van der Waals surface area (Å²) in [5.74, 6) is 0.502. The summed E-state index contributed by atoms with van der Waals surface area (Å²) in [4.78, 5) is 7.95. The second kappa shape index (κ2) is 3.02. The number of hydrogen-bond donors (Lipinski definition) is 0. The largest absolute Gasteiger partial charge is 0.342 e. The van der Waals surface area contributed by atoms with Crippen molar-refractivity contribution in [2.75, 3.05) is 0 Å². The predicted octanol–water partition coefficient (Wildman–Crippen LogP) is 1.89. The topological polar surface area (TPSA) is 51.8 Å². The van der Waals surface area contributed by atoms with Gasteiger partial charge in [0.05, 0.1) is 0 Å². The van der Waals surface area contributed by atoms with Crippen molar-refractivity contribution in [3.05, 3.63) is 29.2 Å². The van der Waals surface area contributed by atoms with Crippen molar-refractivity contribution in [2.24, 2.45) is 0 Å². The van der Waals surface area contributed by atoms with Crippen LogP contribution in [0.4, 0.5) is 0 Å². The van der Waals surface area contributed by atoms with E-state index in [9.17, 15) is 0 Å². The number of hydrogen-bond acceptors (Lipinski definition) is 4. The third-order valence-corrected chi connectivity index (χ3v) is 1.79. The molecule has 0 atom stereocenters. The molecule has 0 aliphatic carbocycles. The zero-order valence-corrected chi connectivity index (χ0v) is 7.52. The molecule has 2 rings (SSSR count). The van der Waals surface area contributed by atoms with Gasteiger partial charge in [0, 0.05) is 10.7 Å². The Labute approximate surface area is 76.8 Å². The van der Waals surface area contributed by atoms with Gasteiger partial charge in [-0.3, -0.25) is 4.98 Å². The van der Waals surface area contributed by atoms with Crippen molar-refractivity contribution >= 4 is 15.9 Å². The van der Waals surface area contributed by atoms with Crippen LogP contribution in [0.1, 0.15) is 0 Å². The van der Waals surface area contributed by atoms with Gasteiger partial charge in [-0.15, -0.1) is 0 Å². The average molecular weight is 226 g/mol. The molecule has 12 heavy (non-hydrogen) atoms. The molecule has 0 aliphatic heterocycles. The smallest absolute Gasteiger partial charge is 0.220 e. The Bertz CT molecular complexity index is 357. The first-order valence-electron chi connectivity index (χ1n) is 3.24. The molecule has 2 heterocycles. The van der Waals surface area contributed by atoms with E-state index < -0.39 is 0 Å². The molecule has 0 saturated heterocycles. The van der Waals surface area contributed by atoms with Crippen LogP contribution in [0.5, 0.6) is 0 Å². The number of aromatic nitrogens is 3. The first-order chi connectivity index (χ1) is 5.86. The van der Waals surface area contributed by atoms with Crippen molar-refractivity contribution in [1.82, 2.24) is 15.1 Å². The molecule has 0 amide bonds. The maximum atomic E-state index is 4.59. The molecule has 0 unspecified atom stereocenters. The van der Waals surface area contributed by atoms with Crippen LogP contribution in [0.3, 0.4) is 0 Å². The molecule has 2 aromatic rings. The highest BCUT2D eigenvalue weighted by atomic mass is 79.9. The average Bonchev–Trinajstić information content (AvgIpc) is 2.58. The first-order valence-corrected chi connectivity index (χ1v) is 4.04. The molecular formula is C7H4BrN3O. The van der Waals surface area contributed by atoms with Crippen molar-refractivity contribution in [1.29, 1.82) is 0 Å². The Morgan fingerprint density at radius 3 is 2.75 bits per heavy atom. The zero-order chi connectivity index (χ0) is 8.39. The molecule has 5 heteroatoms. The molecule has 4 nitrogen and oxygen atoms in total. The normalized spacial score (nSPS) is 10.1. The van der Waals surface area contributed by atoms with Gasteiger partial charge >= 0.3 is 0 Å². The Morgan fingerprint density at radius 1 is 1.25 bits per heavy atom. The van der Waals surface area contributed by atoms with E-state index in [0.717, 1.165) is 4.47 Å². The van der Waals surface area contributed by atoms with Crippen LogP contribution >= 0.6 is 15.9 Å². The monoisotopic (exact) mass is 225 g/mol. The summed E-state index contributed by atoms with van der Waals surface area (Å²) in [6.07, 6.45) is 2.96. The van der Waals surface area contributed by atoms with E-state index in [1.807, 2.05) is 12.1 Å². The quantitative estimate of drug-likeness (QED) is 0.744. The van der Waals surface area contributed by atoms with Gasteiger partial charge in [-0.2, -0.15) is 4.98 Å². The summed E-state index contributed by atoms with van der Waals surface area (Å²) in [5.41, 5.74) is 0.701. The molecule has 0 spiro atoms. The molecule has 0 radical (unpaired) electrons. The maximum Gasteiger partial charge on any atom is 0.220 e. The standard InChI is InChI=1S/C7H4BrN3O/c8-5-1-2-6(9-3-5)7-10-4-12-11-7/h1-4H. The van der Waals surface area contributed by atoms with Crippen LogP contribution in [0.25, 0.3) is 11.5 Å². The number of pyridine rings is 1. The van der Waals surface area contributed by atoms with Gasteiger partial charge in [-0.1, -0.05) is 5.16 Å². The Kier molecular flexibility index (Phi) is 1.87. The molecule has 0 N–H and O–H groups in total. The van der Waals surface area contributed by atoms with E-state index in [0.29, 0.717) is 11.5 Å². The lowest BCUT2D eigenvalue weighted by atomic mass is 10.3. The highest BCUT2D eigenvalue weighted by Gasteiger charge is 2.02. The van der Waals surface area contributed by atoms with Gasteiger partial charge in [0.1, 0.15) is 5.69 Å². The molecule has 0 aliphatic rings. The molecule has 0 aromatic carbocycles. The fraction of sp³-hybridized carbons (Fsp3) is 0. The molecule has 2 aromatic heterocycles. The van der Waals surface area contributed by atoms with Gasteiger partial charge in [0.15, 0.2) is 0 Å². The third kappa shape index (κ3) is 1.35. The number of halogens is 1. The fourth-order valence-corrected chi connectivity index (χ4v) is 1.03. The van der Waals surface area contributed by atoms with Crippen LogP contribution in [-0.4, -0.2) is 15.1 Å². The van der Waals surface area contributed by atoms with Gasteiger partial charge in [0.2, 0.25) is 12.2 Å². The van der Waals surface area contributed by atoms with Crippen molar-refractivity contribution in [3.63, 3.8) is 0 Å². The van der Waals surface area contributed by atoms with E-state index in [4.69, 9.17) is 0 Å². The van der Waals surface area contributed by atoms with Gasteiger partial charge in [-0.05, 0) is 28.1 Å². The fourth-order valence-electron chi connectivity index (χ4n) is 0.792. The van der Waals surface area contributed by atoms with Gasteiger partial charge in [0.25, 0.3) is 0 Å². The van der Waals surface area contributed by atoms with Crippen LogP contribution < -0.4 is 0 Å². The Morgan fingerprint density at radius 2 is 2.17 bits per heavy atom. The van der Waals surface area contributed by atoms with E-state index >= 15 is 0 Å². The van der Waals surface area contributed by atoms with Gasteiger partial charge < -0.3 is 4.52 Å². The zero-order valence-electron chi connectivity index (χ0n) is 5.94. The summed E-state index contributed by atoms with van der Waals surface area (Å²) in [6.45, 7) is 0. The minimum Gasteiger partial charge on any atom is -0.342 e. The molecular weight excluding hydrogens is 222 g/mol. The van der Waals surface area contributed by atoms with Crippen LogP contribution in [0.2, 0.25) is 0 Å². The van der Waals surface area contributed by atoms with E-state index in [2.05, 4.69) is 35.6 Å². The lowest BCUT2D eigenvalue weighted by Crippen LogP contribution is -1.83. The Hall–Kier alpha value is -1.23. The third-order valence-electron chi connectivity index (χ3n) is 1.32. The van der Waals surface area contributed by atoms with E-state index in [1.54, 1.807) is 6.20 Å². The summed E-state index contributed by atoms with van der Waals surface area (Å²) >= 11 is 3.28. The highest BCUT2D eigenvalue weighted by molar-refractivity contribution is 9.10. The van der Waals surface area contributed by atoms with Crippen molar-refractivity contribution < 1.29 is 4.52 Å². The van der Waals surface area contributed by atoms with E-state index in [-0.39, 0.29) is 0 Å². The summed E-state index contributed by atoms with van der Waals surface area (Å²) in [5, 5.41) is 3.65. The van der Waals surface area contributed by atoms with Crippen LogP contribution in [-0.2, 0) is 0 Å². The first kappa shape index (κ1) is 7.42. The SMILES string of the molecule is Brc1ccc(-c2ncon2)nc1.